The summed E-state index contributed by atoms with van der Waals surface area (Å²) in [7, 11) is 1.48. The number of alkyl halides is 2. The van der Waals surface area contributed by atoms with E-state index in [1.54, 1.807) is 30.3 Å². The number of ether oxygens (including phenoxy) is 1. The summed E-state index contributed by atoms with van der Waals surface area (Å²) in [5.41, 5.74) is 2.51. The van der Waals surface area contributed by atoms with Crippen molar-refractivity contribution in [1.29, 1.82) is 0 Å². The van der Waals surface area contributed by atoms with Gasteiger partial charge in [-0.25, -0.2) is 4.68 Å². The van der Waals surface area contributed by atoms with Gasteiger partial charge >= 0.3 is 6.55 Å². The zero-order chi connectivity index (χ0) is 24.9. The third-order valence-corrected chi connectivity index (χ3v) is 6.56. The van der Waals surface area contributed by atoms with Crippen LogP contribution in [0.15, 0.2) is 42.6 Å². The normalized spacial score (nSPS) is 17.7. The Morgan fingerprint density at radius 3 is 2.57 bits per heavy atom. The number of imide groups is 1. The smallest absolute Gasteiger partial charge is 0.333 e. The molecule has 180 valence electrons. The van der Waals surface area contributed by atoms with E-state index in [2.05, 4.69) is 10.4 Å². The summed E-state index contributed by atoms with van der Waals surface area (Å²) in [4.78, 5) is 38.2. The van der Waals surface area contributed by atoms with Crippen molar-refractivity contribution in [2.24, 2.45) is 0 Å². The highest BCUT2D eigenvalue weighted by molar-refractivity contribution is 6.33. The van der Waals surface area contributed by atoms with E-state index < -0.39 is 18.5 Å². The Morgan fingerprint density at radius 2 is 1.89 bits per heavy atom. The Balaban J connectivity index is 1.54. The van der Waals surface area contributed by atoms with Gasteiger partial charge in [-0.2, -0.15) is 13.9 Å². The second-order valence-corrected chi connectivity index (χ2v) is 8.65. The van der Waals surface area contributed by atoms with Gasteiger partial charge in [-0.15, -0.1) is 0 Å². The highest BCUT2D eigenvalue weighted by Gasteiger charge is 2.39. The van der Waals surface area contributed by atoms with E-state index in [0.717, 1.165) is 0 Å². The number of aromatic nitrogens is 2. The van der Waals surface area contributed by atoms with Gasteiger partial charge in [-0.1, -0.05) is 17.7 Å². The molecule has 5 rings (SSSR count). The van der Waals surface area contributed by atoms with Crippen molar-refractivity contribution < 1.29 is 27.9 Å². The SMILES string of the molecule is COc1ccc(-c2c(-c3ccc4c(c3)CN(C3CCC(=O)NC3=O)C4=O)cnn2C(F)F)c(Cl)c1. The molecule has 1 atom stereocenters. The molecule has 3 aromatic rings. The number of carbonyl (C=O) groups excluding carboxylic acids is 3. The molecule has 35 heavy (non-hydrogen) atoms. The summed E-state index contributed by atoms with van der Waals surface area (Å²) < 4.78 is 33.4. The fraction of sp³-hybridized carbons (Fsp3) is 0.250. The van der Waals surface area contributed by atoms with E-state index in [1.165, 1.54) is 24.3 Å². The Bertz CT molecular complexity index is 1370. The summed E-state index contributed by atoms with van der Waals surface area (Å²) in [6.07, 6.45) is 1.73. The number of fused-ring (bicyclic) bond motifs is 1. The molecule has 0 aliphatic carbocycles. The third-order valence-electron chi connectivity index (χ3n) is 6.25. The van der Waals surface area contributed by atoms with Crippen LogP contribution in [-0.4, -0.2) is 45.6 Å². The Labute approximate surface area is 203 Å². The summed E-state index contributed by atoms with van der Waals surface area (Å²) in [6, 6.07) is 8.98. The Hall–Kier alpha value is -3.79. The van der Waals surface area contributed by atoms with Gasteiger partial charge in [0.15, 0.2) is 0 Å². The van der Waals surface area contributed by atoms with E-state index in [1.807, 2.05) is 0 Å². The van der Waals surface area contributed by atoms with Gasteiger partial charge in [0, 0.05) is 29.7 Å². The monoisotopic (exact) mass is 500 g/mol. The molecule has 8 nitrogen and oxygen atoms in total. The standard InChI is InChI=1S/C24H19ClF2N4O4/c1-35-14-3-5-16(18(25)9-14)21-17(10-28-31(21)24(26)27)12-2-4-15-13(8-12)11-30(23(15)34)19-6-7-20(32)29-22(19)33/h2-5,8-10,19,24H,6-7,11H2,1H3,(H,29,32,33). The Morgan fingerprint density at radius 1 is 1.11 bits per heavy atom. The number of nitrogens with one attached hydrogen (secondary N) is 1. The summed E-state index contributed by atoms with van der Waals surface area (Å²) >= 11 is 6.40. The van der Waals surface area contributed by atoms with Crippen LogP contribution in [0, 0.1) is 0 Å². The number of halogens is 3. The lowest BCUT2D eigenvalue weighted by atomic mass is 9.98. The van der Waals surface area contributed by atoms with E-state index in [0.29, 0.717) is 38.2 Å². The van der Waals surface area contributed by atoms with E-state index in [9.17, 15) is 23.2 Å². The van der Waals surface area contributed by atoms with Gasteiger partial charge in [0.05, 0.1) is 24.0 Å². The van der Waals surface area contributed by atoms with Crippen molar-refractivity contribution in [3.63, 3.8) is 0 Å². The van der Waals surface area contributed by atoms with Crippen LogP contribution in [0.1, 0.15) is 35.3 Å². The first-order chi connectivity index (χ1) is 16.8. The van der Waals surface area contributed by atoms with Gasteiger partial charge in [0.1, 0.15) is 11.8 Å². The maximum absolute atomic E-state index is 13.8. The lowest BCUT2D eigenvalue weighted by molar-refractivity contribution is -0.136. The topological polar surface area (TPSA) is 93.5 Å². The zero-order valence-corrected chi connectivity index (χ0v) is 19.2. The van der Waals surface area contributed by atoms with Crippen molar-refractivity contribution >= 4 is 29.3 Å². The number of hydrogen-bond acceptors (Lipinski definition) is 5. The molecule has 2 aromatic carbocycles. The second kappa shape index (κ2) is 8.77. The van der Waals surface area contributed by atoms with Crippen molar-refractivity contribution in [3.8, 4) is 28.1 Å². The highest BCUT2D eigenvalue weighted by Crippen LogP contribution is 2.40. The van der Waals surface area contributed by atoms with Crippen molar-refractivity contribution in [1.82, 2.24) is 20.0 Å². The minimum absolute atomic E-state index is 0.124. The molecular weight excluding hydrogens is 482 g/mol. The van der Waals surface area contributed by atoms with Crippen molar-refractivity contribution in [3.05, 3.63) is 58.7 Å². The summed E-state index contributed by atoms with van der Waals surface area (Å²) in [6.45, 7) is -2.74. The number of methoxy groups -OCH3 is 1. The van der Waals surface area contributed by atoms with Gasteiger partial charge < -0.3 is 9.64 Å². The largest absolute Gasteiger partial charge is 0.497 e. The predicted octanol–water partition coefficient (Wildman–Crippen LogP) is 4.04. The van der Waals surface area contributed by atoms with Crippen LogP contribution in [0.5, 0.6) is 5.75 Å². The molecular formula is C24H19ClF2N4O4. The third kappa shape index (κ3) is 3.93. The number of carbonyl (C=O) groups is 3. The summed E-state index contributed by atoms with van der Waals surface area (Å²) in [5.74, 6) is -0.702. The maximum atomic E-state index is 13.8. The predicted molar refractivity (Wildman–Crippen MR) is 122 cm³/mol. The summed E-state index contributed by atoms with van der Waals surface area (Å²) in [5, 5.41) is 6.36. The molecule has 0 saturated carbocycles. The van der Waals surface area contributed by atoms with Crippen molar-refractivity contribution in [2.45, 2.75) is 32.0 Å². The second-order valence-electron chi connectivity index (χ2n) is 8.25. The molecule has 2 aliphatic heterocycles. The quantitative estimate of drug-likeness (QED) is 0.534. The van der Waals surface area contributed by atoms with Crippen LogP contribution in [0.3, 0.4) is 0 Å². The van der Waals surface area contributed by atoms with Crippen molar-refractivity contribution in [2.75, 3.05) is 7.11 Å². The lowest BCUT2D eigenvalue weighted by Gasteiger charge is -2.29. The molecule has 3 amide bonds. The first-order valence-electron chi connectivity index (χ1n) is 10.8. The molecule has 1 N–H and O–H groups in total. The maximum Gasteiger partial charge on any atom is 0.333 e. The average molecular weight is 501 g/mol. The molecule has 0 bridgehead atoms. The van der Waals surface area contributed by atoms with Gasteiger partial charge in [0.25, 0.3) is 5.91 Å². The molecule has 0 radical (unpaired) electrons. The van der Waals surface area contributed by atoms with Gasteiger partial charge in [-0.05, 0) is 47.9 Å². The fourth-order valence-corrected chi connectivity index (χ4v) is 4.81. The molecule has 1 aromatic heterocycles. The van der Waals surface area contributed by atoms with Crippen LogP contribution in [0.25, 0.3) is 22.4 Å². The van der Waals surface area contributed by atoms with Gasteiger partial charge in [-0.3, -0.25) is 19.7 Å². The minimum atomic E-state index is -2.91. The van der Waals surface area contributed by atoms with E-state index in [-0.39, 0.29) is 41.9 Å². The molecule has 11 heteroatoms. The molecule has 1 fully saturated rings. The van der Waals surface area contributed by atoms with Crippen LogP contribution < -0.4 is 10.1 Å². The Kier molecular flexibility index (Phi) is 5.76. The molecule has 0 spiro atoms. The molecule has 2 aliphatic rings. The van der Waals surface area contributed by atoms with Gasteiger partial charge in [0.2, 0.25) is 11.8 Å². The van der Waals surface area contributed by atoms with E-state index in [4.69, 9.17) is 16.3 Å². The number of nitrogens with zero attached hydrogens (tertiary/aromatic N) is 3. The average Bonchev–Trinajstić information content (AvgIpc) is 3.40. The highest BCUT2D eigenvalue weighted by atomic mass is 35.5. The number of amides is 3. The number of benzene rings is 2. The number of rotatable bonds is 5. The number of hydrogen-bond donors (Lipinski definition) is 1. The van der Waals surface area contributed by atoms with Crippen LogP contribution in [-0.2, 0) is 16.1 Å². The van der Waals surface area contributed by atoms with Crippen LogP contribution in [0.2, 0.25) is 5.02 Å². The first-order valence-corrected chi connectivity index (χ1v) is 11.1. The first kappa shape index (κ1) is 23.0. The fourth-order valence-electron chi connectivity index (χ4n) is 4.55. The number of piperidine rings is 1. The molecule has 1 unspecified atom stereocenters. The van der Waals surface area contributed by atoms with E-state index >= 15 is 0 Å². The molecule has 3 heterocycles. The van der Waals surface area contributed by atoms with Crippen LogP contribution >= 0.6 is 11.6 Å². The lowest BCUT2D eigenvalue weighted by Crippen LogP contribution is -2.52. The zero-order valence-electron chi connectivity index (χ0n) is 18.4. The molecule has 1 saturated heterocycles. The van der Waals surface area contributed by atoms with Crippen LogP contribution in [0.4, 0.5) is 8.78 Å². The minimum Gasteiger partial charge on any atom is -0.497 e.